The van der Waals surface area contributed by atoms with Gasteiger partial charge in [-0.05, 0) is 25.2 Å². The van der Waals surface area contributed by atoms with E-state index in [2.05, 4.69) is 27.7 Å². The molecule has 0 aliphatic rings. The van der Waals surface area contributed by atoms with Crippen molar-refractivity contribution in [1.82, 2.24) is 0 Å². The van der Waals surface area contributed by atoms with E-state index in [0.717, 1.165) is 63.7 Å². The summed E-state index contributed by atoms with van der Waals surface area (Å²) in [6.07, 6.45) is 58.1. The second-order valence-electron chi connectivity index (χ2n) is 20.8. The average molecular weight is 920 g/mol. The molecule has 0 saturated carbocycles. The van der Waals surface area contributed by atoms with Crippen molar-refractivity contribution in [3.05, 3.63) is 0 Å². The third-order valence-electron chi connectivity index (χ3n) is 13.5. The Hall–Kier alpha value is -1.59. The molecule has 0 aromatic carbocycles. The molecule has 65 heavy (non-hydrogen) atoms. The van der Waals surface area contributed by atoms with Gasteiger partial charge in [0.05, 0.1) is 0 Å². The van der Waals surface area contributed by atoms with Gasteiger partial charge >= 0.3 is 17.9 Å². The SMILES string of the molecule is CCCCCCCCCCCCCCCCCCCCC(=O)OC[C@H](COC(=O)CCCCCCCCCCCCC)OC(=O)CCCCCCCCCCCCCCCCCC(C)C. The van der Waals surface area contributed by atoms with Crippen LogP contribution >= 0.6 is 0 Å². The summed E-state index contributed by atoms with van der Waals surface area (Å²) >= 11 is 0. The molecule has 0 N–H and O–H groups in total. The lowest BCUT2D eigenvalue weighted by molar-refractivity contribution is -0.167. The fourth-order valence-corrected chi connectivity index (χ4v) is 9.10. The number of hydrogen-bond acceptors (Lipinski definition) is 6. The molecule has 0 aliphatic carbocycles. The van der Waals surface area contributed by atoms with Gasteiger partial charge in [0.15, 0.2) is 6.10 Å². The van der Waals surface area contributed by atoms with Crippen molar-refractivity contribution < 1.29 is 28.6 Å². The molecule has 6 heteroatoms. The smallest absolute Gasteiger partial charge is 0.306 e. The van der Waals surface area contributed by atoms with E-state index >= 15 is 0 Å². The number of ether oxygens (including phenoxy) is 3. The van der Waals surface area contributed by atoms with Crippen LogP contribution in [0.4, 0.5) is 0 Å². The summed E-state index contributed by atoms with van der Waals surface area (Å²) in [5, 5.41) is 0. The Balaban J connectivity index is 4.25. The van der Waals surface area contributed by atoms with Crippen LogP contribution in [0.1, 0.15) is 336 Å². The highest BCUT2D eigenvalue weighted by Crippen LogP contribution is 2.18. The van der Waals surface area contributed by atoms with E-state index in [1.807, 2.05) is 0 Å². The second kappa shape index (κ2) is 53.4. The fraction of sp³-hybridized carbons (Fsp3) is 0.949. The van der Waals surface area contributed by atoms with Gasteiger partial charge in [-0.25, -0.2) is 0 Å². The molecule has 0 bridgehead atoms. The van der Waals surface area contributed by atoms with Gasteiger partial charge < -0.3 is 14.2 Å². The van der Waals surface area contributed by atoms with E-state index < -0.39 is 6.10 Å². The first kappa shape index (κ1) is 63.4. The molecule has 386 valence electrons. The highest BCUT2D eigenvalue weighted by atomic mass is 16.6. The van der Waals surface area contributed by atoms with Crippen LogP contribution in [-0.4, -0.2) is 37.2 Å². The summed E-state index contributed by atoms with van der Waals surface area (Å²) in [4.78, 5) is 38.1. The van der Waals surface area contributed by atoms with E-state index in [4.69, 9.17) is 14.2 Å². The lowest BCUT2D eigenvalue weighted by atomic mass is 10.0. The van der Waals surface area contributed by atoms with Crippen molar-refractivity contribution in [1.29, 1.82) is 0 Å². The first-order valence-electron chi connectivity index (χ1n) is 29.4. The summed E-state index contributed by atoms with van der Waals surface area (Å²) in [6, 6.07) is 0. The third kappa shape index (κ3) is 53.2. The molecule has 6 nitrogen and oxygen atoms in total. The maximum Gasteiger partial charge on any atom is 0.306 e. The Labute approximate surface area is 406 Å². The summed E-state index contributed by atoms with van der Waals surface area (Å²) < 4.78 is 16.9. The summed E-state index contributed by atoms with van der Waals surface area (Å²) in [7, 11) is 0. The molecule has 1 atom stereocenters. The molecule has 0 fully saturated rings. The number of esters is 3. The molecule has 0 spiro atoms. The molecule has 0 amide bonds. The standard InChI is InChI=1S/C59H114O6/c1-5-7-9-11-13-15-17-18-19-20-21-24-27-31-35-39-43-47-51-58(61)64-54-56(53-63-57(60)50-46-42-38-34-29-16-14-12-10-8-6-2)65-59(62)52-48-44-40-36-32-28-25-22-23-26-30-33-37-41-45-49-55(3)4/h55-56H,5-54H2,1-4H3/t56-/m0/s1. The van der Waals surface area contributed by atoms with Crippen molar-refractivity contribution >= 4 is 17.9 Å². The van der Waals surface area contributed by atoms with E-state index in [-0.39, 0.29) is 31.1 Å². The Morgan fingerprint density at radius 3 is 0.754 bits per heavy atom. The number of carbonyl (C=O) groups excluding carboxylic acids is 3. The quantitative estimate of drug-likeness (QED) is 0.0344. The van der Waals surface area contributed by atoms with Crippen LogP contribution in [0.25, 0.3) is 0 Å². The average Bonchev–Trinajstić information content (AvgIpc) is 3.29. The maximum atomic E-state index is 12.8. The molecule has 0 unspecified atom stereocenters. The van der Waals surface area contributed by atoms with Crippen LogP contribution < -0.4 is 0 Å². The van der Waals surface area contributed by atoms with Gasteiger partial charge in [-0.15, -0.1) is 0 Å². The number of unbranched alkanes of at least 4 members (excludes halogenated alkanes) is 41. The van der Waals surface area contributed by atoms with Crippen LogP contribution in [0.5, 0.6) is 0 Å². The maximum absolute atomic E-state index is 12.8. The van der Waals surface area contributed by atoms with E-state index in [0.29, 0.717) is 19.3 Å². The highest BCUT2D eigenvalue weighted by molar-refractivity contribution is 5.71. The Bertz CT molecular complexity index is 980. The van der Waals surface area contributed by atoms with Crippen molar-refractivity contribution in [3.63, 3.8) is 0 Å². The normalized spacial score (nSPS) is 12.0. The van der Waals surface area contributed by atoms with Gasteiger partial charge in [0.1, 0.15) is 13.2 Å². The van der Waals surface area contributed by atoms with Gasteiger partial charge in [0, 0.05) is 19.3 Å². The van der Waals surface area contributed by atoms with E-state index in [1.54, 1.807) is 0 Å². The van der Waals surface area contributed by atoms with E-state index in [9.17, 15) is 14.4 Å². The molecule has 0 saturated heterocycles. The van der Waals surface area contributed by atoms with Crippen LogP contribution in [0.15, 0.2) is 0 Å². The Morgan fingerprint density at radius 2 is 0.508 bits per heavy atom. The number of rotatable bonds is 54. The van der Waals surface area contributed by atoms with Gasteiger partial charge in [-0.2, -0.15) is 0 Å². The minimum Gasteiger partial charge on any atom is -0.462 e. The van der Waals surface area contributed by atoms with Crippen LogP contribution in [0, 0.1) is 5.92 Å². The molecule has 0 heterocycles. The zero-order valence-corrected chi connectivity index (χ0v) is 44.5. The predicted molar refractivity (Wildman–Crippen MR) is 280 cm³/mol. The molecule has 0 aliphatic heterocycles. The van der Waals surface area contributed by atoms with Crippen molar-refractivity contribution in [3.8, 4) is 0 Å². The monoisotopic (exact) mass is 919 g/mol. The largest absolute Gasteiger partial charge is 0.462 e. The molecule has 0 aromatic heterocycles. The zero-order chi connectivity index (χ0) is 47.4. The minimum atomic E-state index is -0.761. The lowest BCUT2D eigenvalue weighted by Crippen LogP contribution is -2.30. The first-order valence-corrected chi connectivity index (χ1v) is 29.4. The number of carbonyl (C=O) groups is 3. The Kier molecular flexibility index (Phi) is 52.1. The first-order chi connectivity index (χ1) is 31.9. The minimum absolute atomic E-state index is 0.0617. The van der Waals surface area contributed by atoms with Crippen molar-refractivity contribution in [2.24, 2.45) is 5.92 Å². The molecule has 0 aromatic rings. The molecule has 0 rings (SSSR count). The second-order valence-corrected chi connectivity index (χ2v) is 20.8. The Morgan fingerprint density at radius 1 is 0.292 bits per heavy atom. The van der Waals surface area contributed by atoms with Gasteiger partial charge in [-0.3, -0.25) is 14.4 Å². The summed E-state index contributed by atoms with van der Waals surface area (Å²) in [6.45, 7) is 9.07. The van der Waals surface area contributed by atoms with Gasteiger partial charge in [0.2, 0.25) is 0 Å². The summed E-state index contributed by atoms with van der Waals surface area (Å²) in [5.41, 5.74) is 0. The van der Waals surface area contributed by atoms with Crippen LogP contribution in [0.2, 0.25) is 0 Å². The van der Waals surface area contributed by atoms with Gasteiger partial charge in [-0.1, -0.05) is 297 Å². The zero-order valence-electron chi connectivity index (χ0n) is 44.5. The van der Waals surface area contributed by atoms with Crippen LogP contribution in [-0.2, 0) is 28.6 Å². The molecular formula is C59H114O6. The number of hydrogen-bond donors (Lipinski definition) is 0. The predicted octanol–water partition coefficient (Wildman–Crippen LogP) is 19.4. The van der Waals surface area contributed by atoms with Gasteiger partial charge in [0.25, 0.3) is 0 Å². The third-order valence-corrected chi connectivity index (χ3v) is 13.5. The van der Waals surface area contributed by atoms with Crippen LogP contribution in [0.3, 0.4) is 0 Å². The summed E-state index contributed by atoms with van der Waals surface area (Å²) in [5.74, 6) is 0.0128. The molecule has 0 radical (unpaired) electrons. The van der Waals surface area contributed by atoms with E-state index in [1.165, 1.54) is 231 Å². The fourth-order valence-electron chi connectivity index (χ4n) is 9.10. The lowest BCUT2D eigenvalue weighted by Gasteiger charge is -2.18. The van der Waals surface area contributed by atoms with Crippen molar-refractivity contribution in [2.75, 3.05) is 13.2 Å². The van der Waals surface area contributed by atoms with Crippen molar-refractivity contribution in [2.45, 2.75) is 342 Å². The highest BCUT2D eigenvalue weighted by Gasteiger charge is 2.19. The topological polar surface area (TPSA) is 78.9 Å². The molecular weight excluding hydrogens is 805 g/mol.